The molecule has 0 radical (unpaired) electrons. The molecule has 3 N–H and O–H groups in total. The zero-order chi connectivity index (χ0) is 14.4. The molecule has 2 rings (SSSR count). The van der Waals surface area contributed by atoms with Gasteiger partial charge in [0.2, 0.25) is 0 Å². The van der Waals surface area contributed by atoms with Crippen LogP contribution >= 0.6 is 0 Å². The Morgan fingerprint density at radius 2 is 2.35 bits per heavy atom. The lowest BCUT2D eigenvalue weighted by atomic mass is 9.98. The zero-order valence-corrected chi connectivity index (χ0v) is 12.0. The summed E-state index contributed by atoms with van der Waals surface area (Å²) in [7, 11) is 1.63. The van der Waals surface area contributed by atoms with E-state index in [-0.39, 0.29) is 6.03 Å². The third-order valence-corrected chi connectivity index (χ3v) is 3.52. The van der Waals surface area contributed by atoms with Gasteiger partial charge in [-0.05, 0) is 43.0 Å². The number of fused-ring (bicyclic) bond motifs is 1. The normalized spacial score (nSPS) is 14.0. The predicted octanol–water partition coefficient (Wildman–Crippen LogP) is 1.30. The lowest BCUT2D eigenvalue weighted by Gasteiger charge is -2.30. The molecule has 0 aromatic heterocycles. The molecular formula is C15H23N3O2. The van der Waals surface area contributed by atoms with Gasteiger partial charge in [0.25, 0.3) is 0 Å². The van der Waals surface area contributed by atoms with Gasteiger partial charge in [-0.2, -0.15) is 0 Å². The van der Waals surface area contributed by atoms with E-state index in [9.17, 15) is 4.79 Å². The standard InChI is InChI=1S/C15H23N3O2/c1-20-10-8-17-15(19)18-9-2-3-13-11-12(6-7-16)4-5-14(13)18/h4-5,11H,2-3,6-10,16H2,1H3,(H,17,19). The lowest BCUT2D eigenvalue weighted by Crippen LogP contribution is -2.43. The molecular weight excluding hydrogens is 254 g/mol. The minimum absolute atomic E-state index is 0.0467. The van der Waals surface area contributed by atoms with Crippen LogP contribution in [0.1, 0.15) is 17.5 Å². The maximum absolute atomic E-state index is 12.2. The summed E-state index contributed by atoms with van der Waals surface area (Å²) in [5.74, 6) is 0. The number of nitrogens with two attached hydrogens (primary N) is 1. The van der Waals surface area contributed by atoms with Crippen LogP contribution < -0.4 is 16.0 Å². The molecule has 0 bridgehead atoms. The van der Waals surface area contributed by atoms with Crippen molar-refractivity contribution < 1.29 is 9.53 Å². The average molecular weight is 277 g/mol. The highest BCUT2D eigenvalue weighted by Gasteiger charge is 2.22. The van der Waals surface area contributed by atoms with E-state index in [4.69, 9.17) is 10.5 Å². The van der Waals surface area contributed by atoms with Crippen LogP contribution in [0, 0.1) is 0 Å². The largest absolute Gasteiger partial charge is 0.383 e. The Morgan fingerprint density at radius 1 is 1.50 bits per heavy atom. The Balaban J connectivity index is 2.09. The molecule has 0 atom stereocenters. The van der Waals surface area contributed by atoms with Crippen molar-refractivity contribution in [2.45, 2.75) is 19.3 Å². The number of ether oxygens (including phenoxy) is 1. The molecule has 1 aromatic rings. The summed E-state index contributed by atoms with van der Waals surface area (Å²) in [5.41, 5.74) is 9.10. The minimum Gasteiger partial charge on any atom is -0.383 e. The maximum Gasteiger partial charge on any atom is 0.321 e. The summed E-state index contributed by atoms with van der Waals surface area (Å²) in [5, 5.41) is 2.88. The smallest absolute Gasteiger partial charge is 0.321 e. The van der Waals surface area contributed by atoms with Crippen LogP contribution in [0.4, 0.5) is 10.5 Å². The molecule has 20 heavy (non-hydrogen) atoms. The molecule has 110 valence electrons. The van der Waals surface area contributed by atoms with E-state index in [0.717, 1.165) is 31.5 Å². The third kappa shape index (κ3) is 3.49. The van der Waals surface area contributed by atoms with Crippen LogP contribution in [0.2, 0.25) is 0 Å². The minimum atomic E-state index is -0.0467. The van der Waals surface area contributed by atoms with Crippen LogP contribution in [0.15, 0.2) is 18.2 Å². The number of rotatable bonds is 5. The van der Waals surface area contributed by atoms with E-state index < -0.39 is 0 Å². The highest BCUT2D eigenvalue weighted by atomic mass is 16.5. The molecule has 0 unspecified atom stereocenters. The van der Waals surface area contributed by atoms with Gasteiger partial charge in [-0.3, -0.25) is 4.90 Å². The van der Waals surface area contributed by atoms with Crippen LogP contribution in [-0.2, 0) is 17.6 Å². The number of aryl methyl sites for hydroxylation is 1. The molecule has 1 heterocycles. The average Bonchev–Trinajstić information content (AvgIpc) is 2.47. The van der Waals surface area contributed by atoms with Crippen LogP contribution in [0.3, 0.4) is 0 Å². The van der Waals surface area contributed by atoms with Gasteiger partial charge in [-0.15, -0.1) is 0 Å². The van der Waals surface area contributed by atoms with Gasteiger partial charge < -0.3 is 15.8 Å². The fraction of sp³-hybridized carbons (Fsp3) is 0.533. The van der Waals surface area contributed by atoms with Gasteiger partial charge in [0.05, 0.1) is 6.61 Å². The Hall–Kier alpha value is -1.59. The van der Waals surface area contributed by atoms with E-state index >= 15 is 0 Å². The Kier molecular flexibility index (Phi) is 5.38. The molecule has 0 saturated heterocycles. The first kappa shape index (κ1) is 14.8. The van der Waals surface area contributed by atoms with E-state index in [1.807, 2.05) is 11.0 Å². The quantitative estimate of drug-likeness (QED) is 0.797. The van der Waals surface area contributed by atoms with Gasteiger partial charge in [-0.1, -0.05) is 12.1 Å². The molecule has 1 aromatic carbocycles. The first-order valence-electron chi connectivity index (χ1n) is 7.12. The van der Waals surface area contributed by atoms with E-state index in [0.29, 0.717) is 19.7 Å². The summed E-state index contributed by atoms with van der Waals surface area (Å²) in [6.07, 6.45) is 2.90. The highest BCUT2D eigenvalue weighted by Crippen LogP contribution is 2.28. The number of nitrogens with one attached hydrogen (secondary N) is 1. The fourth-order valence-corrected chi connectivity index (χ4v) is 2.54. The number of benzene rings is 1. The van der Waals surface area contributed by atoms with Crippen molar-refractivity contribution in [2.24, 2.45) is 5.73 Å². The molecule has 1 aliphatic rings. The second-order valence-electron chi connectivity index (χ2n) is 4.98. The van der Waals surface area contributed by atoms with Gasteiger partial charge in [0.1, 0.15) is 0 Å². The first-order valence-corrected chi connectivity index (χ1v) is 7.12. The van der Waals surface area contributed by atoms with E-state index in [1.165, 1.54) is 11.1 Å². The van der Waals surface area contributed by atoms with Crippen molar-refractivity contribution in [3.8, 4) is 0 Å². The molecule has 0 fully saturated rings. The number of urea groups is 1. The molecule has 1 aliphatic heterocycles. The molecule has 0 aliphatic carbocycles. The van der Waals surface area contributed by atoms with Gasteiger partial charge in [-0.25, -0.2) is 4.79 Å². The number of nitrogens with zero attached hydrogens (tertiary/aromatic N) is 1. The van der Waals surface area contributed by atoms with Crippen molar-refractivity contribution in [1.29, 1.82) is 0 Å². The third-order valence-electron chi connectivity index (χ3n) is 3.52. The Morgan fingerprint density at radius 3 is 3.10 bits per heavy atom. The summed E-state index contributed by atoms with van der Waals surface area (Å²) >= 11 is 0. The highest BCUT2D eigenvalue weighted by molar-refractivity contribution is 5.93. The van der Waals surface area contributed by atoms with Gasteiger partial charge in [0, 0.05) is 25.9 Å². The summed E-state index contributed by atoms with van der Waals surface area (Å²) in [6, 6.07) is 6.23. The maximum atomic E-state index is 12.2. The summed E-state index contributed by atoms with van der Waals surface area (Å²) in [4.78, 5) is 14.0. The SMILES string of the molecule is COCCNC(=O)N1CCCc2cc(CCN)ccc21. The van der Waals surface area contributed by atoms with Crippen molar-refractivity contribution >= 4 is 11.7 Å². The number of carbonyl (C=O) groups excluding carboxylic acids is 1. The summed E-state index contributed by atoms with van der Waals surface area (Å²) in [6.45, 7) is 2.48. The number of methoxy groups -OCH3 is 1. The molecule has 5 nitrogen and oxygen atoms in total. The van der Waals surface area contributed by atoms with Crippen molar-refractivity contribution in [2.75, 3.05) is 38.3 Å². The van der Waals surface area contributed by atoms with Gasteiger partial charge in [0.15, 0.2) is 0 Å². The second kappa shape index (κ2) is 7.26. The van der Waals surface area contributed by atoms with Crippen molar-refractivity contribution in [3.05, 3.63) is 29.3 Å². The van der Waals surface area contributed by atoms with Crippen molar-refractivity contribution in [3.63, 3.8) is 0 Å². The Labute approximate surface area is 120 Å². The Bertz CT molecular complexity index is 462. The van der Waals surface area contributed by atoms with E-state index in [2.05, 4.69) is 17.4 Å². The number of amides is 2. The van der Waals surface area contributed by atoms with Crippen LogP contribution in [0.25, 0.3) is 0 Å². The summed E-state index contributed by atoms with van der Waals surface area (Å²) < 4.78 is 4.95. The molecule has 5 heteroatoms. The van der Waals surface area contributed by atoms with Crippen LogP contribution in [-0.4, -0.2) is 39.4 Å². The number of hydrogen-bond acceptors (Lipinski definition) is 3. The molecule has 0 spiro atoms. The van der Waals surface area contributed by atoms with E-state index in [1.54, 1.807) is 7.11 Å². The predicted molar refractivity (Wildman–Crippen MR) is 80.1 cm³/mol. The monoisotopic (exact) mass is 277 g/mol. The number of anilines is 1. The van der Waals surface area contributed by atoms with Crippen molar-refractivity contribution in [1.82, 2.24) is 5.32 Å². The molecule has 2 amide bonds. The number of hydrogen-bond donors (Lipinski definition) is 2. The zero-order valence-electron chi connectivity index (χ0n) is 12.0. The lowest BCUT2D eigenvalue weighted by molar-refractivity contribution is 0.197. The fourth-order valence-electron chi connectivity index (χ4n) is 2.54. The first-order chi connectivity index (χ1) is 9.76. The molecule has 0 saturated carbocycles. The topological polar surface area (TPSA) is 67.6 Å². The second-order valence-corrected chi connectivity index (χ2v) is 4.98. The van der Waals surface area contributed by atoms with Gasteiger partial charge >= 0.3 is 6.03 Å². The number of carbonyl (C=O) groups is 1. The van der Waals surface area contributed by atoms with Crippen LogP contribution in [0.5, 0.6) is 0 Å².